The summed E-state index contributed by atoms with van der Waals surface area (Å²) < 4.78 is 31.4. The molecule has 0 radical (unpaired) electrons. The summed E-state index contributed by atoms with van der Waals surface area (Å²) >= 11 is 0. The van der Waals surface area contributed by atoms with Crippen LogP contribution in [0.3, 0.4) is 0 Å². The van der Waals surface area contributed by atoms with Crippen molar-refractivity contribution in [3.8, 4) is 0 Å². The molecule has 24 heavy (non-hydrogen) atoms. The van der Waals surface area contributed by atoms with Crippen molar-refractivity contribution in [3.63, 3.8) is 0 Å². The first-order valence-corrected chi connectivity index (χ1v) is 8.15. The van der Waals surface area contributed by atoms with Crippen LogP contribution in [0.25, 0.3) is 0 Å². The summed E-state index contributed by atoms with van der Waals surface area (Å²) in [5.74, 6) is -0.866. The average molecular weight is 353 g/mol. The number of aliphatic carboxylic acids is 1. The predicted molar refractivity (Wildman–Crippen MR) is 86.2 cm³/mol. The van der Waals surface area contributed by atoms with Gasteiger partial charge in [0.2, 0.25) is 0 Å². The SMILES string of the molecule is NCCOCCOCCOCCOCCOCCOCCC(=O)O. The standard InChI is InChI=1S/C15H31NO8/c16-2-4-20-6-8-22-10-12-24-14-13-23-11-9-21-7-5-19-3-1-15(17)18/h1-14,16H2,(H,17,18). The highest BCUT2D eigenvalue weighted by Gasteiger charge is 1.96. The van der Waals surface area contributed by atoms with E-state index in [0.29, 0.717) is 79.2 Å². The molecule has 0 saturated heterocycles. The summed E-state index contributed by atoms with van der Waals surface area (Å²) in [7, 11) is 0. The van der Waals surface area contributed by atoms with Crippen LogP contribution in [-0.4, -0.2) is 96.9 Å². The van der Waals surface area contributed by atoms with Gasteiger partial charge in [-0.2, -0.15) is 0 Å². The fraction of sp³-hybridized carbons (Fsp3) is 0.933. The Kier molecular flexibility index (Phi) is 19.6. The molecule has 0 aromatic rings. The van der Waals surface area contributed by atoms with Gasteiger partial charge in [-0.25, -0.2) is 0 Å². The molecule has 3 N–H and O–H groups in total. The summed E-state index contributed by atoms with van der Waals surface area (Å²) in [4.78, 5) is 10.2. The fourth-order valence-corrected chi connectivity index (χ4v) is 1.44. The molecule has 0 spiro atoms. The molecule has 0 aromatic carbocycles. The highest BCUT2D eigenvalue weighted by molar-refractivity contribution is 5.66. The molecule has 9 heteroatoms. The van der Waals surface area contributed by atoms with E-state index in [1.807, 2.05) is 0 Å². The molecule has 0 aliphatic rings. The van der Waals surface area contributed by atoms with Crippen molar-refractivity contribution in [1.82, 2.24) is 0 Å². The van der Waals surface area contributed by atoms with E-state index in [2.05, 4.69) is 0 Å². The van der Waals surface area contributed by atoms with Crippen LogP contribution >= 0.6 is 0 Å². The Morgan fingerprint density at radius 3 is 1.17 bits per heavy atom. The number of carboxylic acids is 1. The highest BCUT2D eigenvalue weighted by atomic mass is 16.6. The molecule has 0 aliphatic carbocycles. The van der Waals surface area contributed by atoms with Gasteiger partial charge in [-0.15, -0.1) is 0 Å². The summed E-state index contributed by atoms with van der Waals surface area (Å²) in [6.45, 7) is 6.17. The molecule has 0 aliphatic heterocycles. The molecule has 144 valence electrons. The van der Waals surface area contributed by atoms with Gasteiger partial charge in [0, 0.05) is 6.54 Å². The molecule has 0 heterocycles. The first-order chi connectivity index (χ1) is 11.8. The lowest BCUT2D eigenvalue weighted by Crippen LogP contribution is -2.15. The summed E-state index contributed by atoms with van der Waals surface area (Å²) in [5, 5.41) is 8.40. The number of ether oxygens (including phenoxy) is 6. The molecule has 9 nitrogen and oxygen atoms in total. The quantitative estimate of drug-likeness (QED) is 0.280. The molecule has 0 atom stereocenters. The Morgan fingerprint density at radius 2 is 0.875 bits per heavy atom. The zero-order valence-corrected chi connectivity index (χ0v) is 14.3. The zero-order chi connectivity index (χ0) is 17.7. The largest absolute Gasteiger partial charge is 0.481 e. The van der Waals surface area contributed by atoms with Crippen molar-refractivity contribution in [2.24, 2.45) is 5.73 Å². The minimum atomic E-state index is -0.866. The first kappa shape index (κ1) is 23.2. The molecule has 0 amide bonds. The van der Waals surface area contributed by atoms with Crippen LogP contribution in [0.1, 0.15) is 6.42 Å². The maximum atomic E-state index is 10.2. The van der Waals surface area contributed by atoms with E-state index in [1.165, 1.54) is 0 Å². The van der Waals surface area contributed by atoms with Crippen molar-refractivity contribution in [2.45, 2.75) is 6.42 Å². The van der Waals surface area contributed by atoms with Crippen molar-refractivity contribution < 1.29 is 38.3 Å². The van der Waals surface area contributed by atoms with Crippen molar-refractivity contribution in [2.75, 3.05) is 85.8 Å². The Bertz CT molecular complexity index is 268. The van der Waals surface area contributed by atoms with Crippen molar-refractivity contribution in [3.05, 3.63) is 0 Å². The van der Waals surface area contributed by atoms with Gasteiger partial charge in [0.05, 0.1) is 85.7 Å². The molecule has 0 fully saturated rings. The predicted octanol–water partition coefficient (Wildman–Crippen LogP) is -0.481. The third kappa shape index (κ3) is 21.2. The summed E-state index contributed by atoms with van der Waals surface area (Å²) in [6, 6.07) is 0. The average Bonchev–Trinajstić information content (AvgIpc) is 2.56. The summed E-state index contributed by atoms with van der Waals surface area (Å²) in [5.41, 5.74) is 5.28. The second-order valence-electron chi connectivity index (χ2n) is 4.61. The van der Waals surface area contributed by atoms with E-state index in [4.69, 9.17) is 39.3 Å². The van der Waals surface area contributed by atoms with Crippen LogP contribution in [0.4, 0.5) is 0 Å². The van der Waals surface area contributed by atoms with E-state index < -0.39 is 5.97 Å². The van der Waals surface area contributed by atoms with E-state index in [1.54, 1.807) is 0 Å². The van der Waals surface area contributed by atoms with Gasteiger partial charge in [-0.3, -0.25) is 4.79 Å². The molecular formula is C15H31NO8. The minimum absolute atomic E-state index is 0.0101. The third-order valence-electron chi connectivity index (χ3n) is 2.58. The Labute approximate surface area is 143 Å². The molecule has 0 unspecified atom stereocenters. The zero-order valence-electron chi connectivity index (χ0n) is 14.3. The van der Waals surface area contributed by atoms with Crippen LogP contribution in [0.15, 0.2) is 0 Å². The van der Waals surface area contributed by atoms with E-state index in [9.17, 15) is 4.79 Å². The normalized spacial score (nSPS) is 11.0. The number of carboxylic acid groups (broad SMARTS) is 1. The smallest absolute Gasteiger partial charge is 0.305 e. The van der Waals surface area contributed by atoms with Gasteiger partial charge in [0.1, 0.15) is 0 Å². The topological polar surface area (TPSA) is 119 Å². The second kappa shape index (κ2) is 20.2. The minimum Gasteiger partial charge on any atom is -0.481 e. The van der Waals surface area contributed by atoms with Crippen LogP contribution in [0.2, 0.25) is 0 Å². The number of nitrogens with two attached hydrogens (primary N) is 1. The van der Waals surface area contributed by atoms with Crippen molar-refractivity contribution in [1.29, 1.82) is 0 Å². The van der Waals surface area contributed by atoms with E-state index in [0.717, 1.165) is 0 Å². The van der Waals surface area contributed by atoms with Gasteiger partial charge >= 0.3 is 5.97 Å². The lowest BCUT2D eigenvalue weighted by Gasteiger charge is -2.08. The monoisotopic (exact) mass is 353 g/mol. The van der Waals surface area contributed by atoms with Crippen LogP contribution in [0.5, 0.6) is 0 Å². The van der Waals surface area contributed by atoms with Crippen LogP contribution in [0, 0.1) is 0 Å². The number of carbonyl (C=O) groups is 1. The van der Waals surface area contributed by atoms with Gasteiger partial charge in [0.15, 0.2) is 0 Å². The second-order valence-corrected chi connectivity index (χ2v) is 4.61. The van der Waals surface area contributed by atoms with E-state index >= 15 is 0 Å². The molecule has 0 saturated carbocycles. The molecule has 0 bridgehead atoms. The molecule has 0 aromatic heterocycles. The van der Waals surface area contributed by atoms with Crippen molar-refractivity contribution >= 4 is 5.97 Å². The fourth-order valence-electron chi connectivity index (χ4n) is 1.44. The number of hydrogen-bond donors (Lipinski definition) is 2. The third-order valence-corrected chi connectivity index (χ3v) is 2.58. The van der Waals surface area contributed by atoms with Gasteiger partial charge in [-0.1, -0.05) is 0 Å². The van der Waals surface area contributed by atoms with Gasteiger partial charge in [0.25, 0.3) is 0 Å². The maximum absolute atomic E-state index is 10.2. The number of hydrogen-bond acceptors (Lipinski definition) is 8. The molecule has 0 rings (SSSR count). The highest BCUT2D eigenvalue weighted by Crippen LogP contribution is 1.86. The number of rotatable bonds is 20. The van der Waals surface area contributed by atoms with Crippen LogP contribution in [-0.2, 0) is 33.2 Å². The Morgan fingerprint density at radius 1 is 0.583 bits per heavy atom. The molecular weight excluding hydrogens is 322 g/mol. The lowest BCUT2D eigenvalue weighted by molar-refractivity contribution is -0.138. The van der Waals surface area contributed by atoms with E-state index in [-0.39, 0.29) is 13.0 Å². The van der Waals surface area contributed by atoms with Gasteiger partial charge in [-0.05, 0) is 0 Å². The Balaban J connectivity index is 2.97. The Hall–Kier alpha value is -0.810. The first-order valence-electron chi connectivity index (χ1n) is 8.15. The lowest BCUT2D eigenvalue weighted by atomic mass is 10.5. The summed E-state index contributed by atoms with van der Waals surface area (Å²) in [6.07, 6.45) is 0.0101. The van der Waals surface area contributed by atoms with Crippen LogP contribution < -0.4 is 5.73 Å². The van der Waals surface area contributed by atoms with Gasteiger partial charge < -0.3 is 39.3 Å². The maximum Gasteiger partial charge on any atom is 0.305 e.